The first kappa shape index (κ1) is 22.4. The maximum Gasteiger partial charge on any atom is 0.263 e. The fraction of sp³-hybridized carbons (Fsp3) is 0.529. The molecular weight excluding hydrogens is 376 g/mol. The molecule has 0 aromatic heterocycles. The summed E-state index contributed by atoms with van der Waals surface area (Å²) >= 11 is 0. The second-order valence-corrected chi connectivity index (χ2v) is 7.93. The van der Waals surface area contributed by atoms with Gasteiger partial charge in [-0.05, 0) is 25.5 Å². The van der Waals surface area contributed by atoms with Crippen LogP contribution in [0.15, 0.2) is 34.2 Å². The standard InChI is InChI=1S/C17H26N4O3S.ClH/c1-3-4-7-13(11-18)20-16(22)10-12(2)19-17-14-8-5-6-9-15(14)25(23,24)21-17;/h5-6,8-9,12-13H,3-4,7,10-11,18H2,1-2H3,(H,19,21)(H,20,22);1H. The van der Waals surface area contributed by atoms with E-state index in [1.54, 1.807) is 25.1 Å². The van der Waals surface area contributed by atoms with Crippen molar-refractivity contribution < 1.29 is 13.2 Å². The van der Waals surface area contributed by atoms with E-state index in [4.69, 9.17) is 5.73 Å². The van der Waals surface area contributed by atoms with E-state index in [9.17, 15) is 13.2 Å². The predicted molar refractivity (Wildman–Crippen MR) is 105 cm³/mol. The van der Waals surface area contributed by atoms with Crippen LogP contribution in [0.25, 0.3) is 0 Å². The Kier molecular flexibility index (Phi) is 8.52. The van der Waals surface area contributed by atoms with E-state index in [1.165, 1.54) is 6.07 Å². The molecule has 26 heavy (non-hydrogen) atoms. The van der Waals surface area contributed by atoms with Crippen LogP contribution < -0.4 is 15.8 Å². The summed E-state index contributed by atoms with van der Waals surface area (Å²) in [6.45, 7) is 4.28. The van der Waals surface area contributed by atoms with E-state index < -0.39 is 10.0 Å². The highest BCUT2D eigenvalue weighted by atomic mass is 35.5. The van der Waals surface area contributed by atoms with Crippen molar-refractivity contribution in [2.24, 2.45) is 10.7 Å². The van der Waals surface area contributed by atoms with E-state index in [2.05, 4.69) is 22.0 Å². The zero-order valence-electron chi connectivity index (χ0n) is 15.1. The van der Waals surface area contributed by atoms with Gasteiger partial charge in [0.25, 0.3) is 10.0 Å². The first-order valence-electron chi connectivity index (χ1n) is 8.56. The molecule has 1 aliphatic rings. The molecule has 0 bridgehead atoms. The molecular formula is C17H27ClN4O3S. The summed E-state index contributed by atoms with van der Waals surface area (Å²) in [5.41, 5.74) is 6.23. The van der Waals surface area contributed by atoms with Gasteiger partial charge in [-0.15, -0.1) is 12.4 Å². The second kappa shape index (κ2) is 9.89. The number of hydrogen-bond donors (Lipinski definition) is 3. The van der Waals surface area contributed by atoms with Crippen LogP contribution in [0.5, 0.6) is 0 Å². The maximum absolute atomic E-state index is 12.2. The first-order chi connectivity index (χ1) is 11.9. The van der Waals surface area contributed by atoms with Gasteiger partial charge in [0, 0.05) is 24.6 Å². The van der Waals surface area contributed by atoms with E-state index in [1.807, 2.05) is 0 Å². The highest BCUT2D eigenvalue weighted by Gasteiger charge is 2.30. The monoisotopic (exact) mass is 402 g/mol. The number of amidine groups is 1. The van der Waals surface area contributed by atoms with Gasteiger partial charge in [0.15, 0.2) is 0 Å². The van der Waals surface area contributed by atoms with Crippen molar-refractivity contribution >= 4 is 34.2 Å². The van der Waals surface area contributed by atoms with Gasteiger partial charge in [-0.2, -0.15) is 0 Å². The Morgan fingerprint density at radius 1 is 1.35 bits per heavy atom. The van der Waals surface area contributed by atoms with Gasteiger partial charge >= 0.3 is 0 Å². The Morgan fingerprint density at radius 2 is 2.04 bits per heavy atom. The van der Waals surface area contributed by atoms with Gasteiger partial charge in [0.05, 0.1) is 10.9 Å². The molecule has 2 rings (SSSR count). The van der Waals surface area contributed by atoms with Crippen LogP contribution in [-0.4, -0.2) is 38.8 Å². The van der Waals surface area contributed by atoms with Crippen molar-refractivity contribution in [1.82, 2.24) is 10.0 Å². The highest BCUT2D eigenvalue weighted by Crippen LogP contribution is 2.22. The van der Waals surface area contributed by atoms with Crippen molar-refractivity contribution in [2.75, 3.05) is 6.54 Å². The van der Waals surface area contributed by atoms with E-state index in [-0.39, 0.29) is 47.5 Å². The lowest BCUT2D eigenvalue weighted by Crippen LogP contribution is -2.41. The Bertz CT molecular complexity index is 752. The van der Waals surface area contributed by atoms with Gasteiger partial charge in [0.2, 0.25) is 5.91 Å². The number of halogens is 1. The average molecular weight is 403 g/mol. The van der Waals surface area contributed by atoms with Crippen molar-refractivity contribution in [3.05, 3.63) is 29.8 Å². The van der Waals surface area contributed by atoms with Gasteiger partial charge in [-0.3, -0.25) is 14.5 Å². The third-order valence-corrected chi connectivity index (χ3v) is 5.45. The summed E-state index contributed by atoms with van der Waals surface area (Å²) in [4.78, 5) is 16.8. The van der Waals surface area contributed by atoms with Gasteiger partial charge < -0.3 is 11.1 Å². The number of carbonyl (C=O) groups is 1. The molecule has 2 atom stereocenters. The molecule has 0 aliphatic carbocycles. The predicted octanol–water partition coefficient (Wildman–Crippen LogP) is 1.56. The number of amides is 1. The first-order valence-corrected chi connectivity index (χ1v) is 10.0. The molecule has 1 aromatic rings. The quantitative estimate of drug-likeness (QED) is 0.612. The Morgan fingerprint density at radius 3 is 2.69 bits per heavy atom. The van der Waals surface area contributed by atoms with Crippen LogP contribution in [0.2, 0.25) is 0 Å². The summed E-state index contributed by atoms with van der Waals surface area (Å²) < 4.78 is 26.6. The Labute approximate surface area is 161 Å². The highest BCUT2D eigenvalue weighted by molar-refractivity contribution is 7.90. The summed E-state index contributed by atoms with van der Waals surface area (Å²) in [6, 6.07) is 6.28. The summed E-state index contributed by atoms with van der Waals surface area (Å²) in [5.74, 6) is 0.162. The SMILES string of the molecule is CCCCC(CN)NC(=O)CC(C)N=C1NS(=O)(=O)c2ccccc21.Cl. The molecule has 0 radical (unpaired) electrons. The molecule has 146 valence electrons. The lowest BCUT2D eigenvalue weighted by Gasteiger charge is -2.17. The number of carbonyl (C=O) groups excluding carboxylic acids is 1. The second-order valence-electron chi connectivity index (χ2n) is 6.27. The topological polar surface area (TPSA) is 114 Å². The number of sulfonamides is 1. The number of benzene rings is 1. The molecule has 2 unspecified atom stereocenters. The van der Waals surface area contributed by atoms with E-state index >= 15 is 0 Å². The van der Waals surface area contributed by atoms with E-state index in [0.29, 0.717) is 12.1 Å². The molecule has 1 amide bonds. The van der Waals surface area contributed by atoms with Gasteiger partial charge in [0.1, 0.15) is 5.84 Å². The molecule has 1 aliphatic heterocycles. The molecule has 0 fully saturated rings. The largest absolute Gasteiger partial charge is 0.352 e. The smallest absolute Gasteiger partial charge is 0.263 e. The van der Waals surface area contributed by atoms with E-state index in [0.717, 1.165) is 19.3 Å². The number of fused-ring (bicyclic) bond motifs is 1. The number of rotatable bonds is 8. The third-order valence-electron chi connectivity index (χ3n) is 4.05. The number of nitrogens with two attached hydrogens (primary N) is 1. The lowest BCUT2D eigenvalue weighted by molar-refractivity contribution is -0.122. The molecule has 9 heteroatoms. The third kappa shape index (κ3) is 5.69. The summed E-state index contributed by atoms with van der Waals surface area (Å²) in [5, 5.41) is 2.92. The molecule has 0 saturated carbocycles. The molecule has 1 heterocycles. The molecule has 0 spiro atoms. The Balaban J connectivity index is 0.00000338. The summed E-state index contributed by atoms with van der Waals surface area (Å²) in [6.07, 6.45) is 3.10. The zero-order chi connectivity index (χ0) is 18.4. The maximum atomic E-state index is 12.2. The Hall–Kier alpha value is -1.64. The van der Waals surface area contributed by atoms with Crippen LogP contribution in [0.4, 0.5) is 0 Å². The van der Waals surface area contributed by atoms with Gasteiger partial charge in [-0.1, -0.05) is 31.9 Å². The lowest BCUT2D eigenvalue weighted by atomic mass is 10.1. The number of aliphatic imine (C=N–C) groups is 1. The van der Waals surface area contributed by atoms with Crippen molar-refractivity contribution in [3.63, 3.8) is 0 Å². The van der Waals surface area contributed by atoms with Crippen LogP contribution >= 0.6 is 12.4 Å². The van der Waals surface area contributed by atoms with Gasteiger partial charge in [-0.25, -0.2) is 8.42 Å². The van der Waals surface area contributed by atoms with Crippen LogP contribution in [0.3, 0.4) is 0 Å². The minimum absolute atomic E-state index is 0. The van der Waals surface area contributed by atoms with Crippen molar-refractivity contribution in [1.29, 1.82) is 0 Å². The molecule has 7 nitrogen and oxygen atoms in total. The average Bonchev–Trinajstić information content (AvgIpc) is 2.82. The number of hydrogen-bond acceptors (Lipinski definition) is 5. The number of nitrogens with zero attached hydrogens (tertiary/aromatic N) is 1. The fourth-order valence-corrected chi connectivity index (χ4v) is 3.99. The number of unbranched alkanes of at least 4 members (excludes halogenated alkanes) is 1. The fourth-order valence-electron chi connectivity index (χ4n) is 2.75. The van der Waals surface area contributed by atoms with Crippen LogP contribution in [0, 0.1) is 0 Å². The van der Waals surface area contributed by atoms with Crippen molar-refractivity contribution in [3.8, 4) is 0 Å². The molecule has 0 saturated heterocycles. The minimum atomic E-state index is -3.56. The molecule has 4 N–H and O–H groups in total. The normalized spacial score (nSPS) is 18.3. The zero-order valence-corrected chi connectivity index (χ0v) is 16.7. The minimum Gasteiger partial charge on any atom is -0.352 e. The molecule has 1 aromatic carbocycles. The van der Waals surface area contributed by atoms with Crippen molar-refractivity contribution in [2.45, 2.75) is 56.5 Å². The van der Waals surface area contributed by atoms with Crippen LogP contribution in [-0.2, 0) is 14.8 Å². The number of nitrogens with one attached hydrogen (secondary N) is 2. The summed E-state index contributed by atoms with van der Waals surface area (Å²) in [7, 11) is -3.56. The van der Waals surface area contributed by atoms with Crippen LogP contribution in [0.1, 0.15) is 45.1 Å².